The second-order valence-corrected chi connectivity index (χ2v) is 7.29. The van der Waals surface area contributed by atoms with Gasteiger partial charge in [0, 0.05) is 12.1 Å². The van der Waals surface area contributed by atoms with E-state index in [2.05, 4.69) is 0 Å². The van der Waals surface area contributed by atoms with Crippen LogP contribution in [0.2, 0.25) is 0 Å². The number of methoxy groups -OCH3 is 1. The Hall–Kier alpha value is -3.91. The van der Waals surface area contributed by atoms with Gasteiger partial charge >= 0.3 is 5.97 Å². The standard InChI is InChI=1S/C23H21N3O5/c1-31-23(30)16-12-25-17(13-26(24)22(29)19(25)21(28)20(16)27)18(14-8-4-2-5-9-14)15-10-6-3-7-11-15/h2-12,17-18,28H,13,24H2,1H3/t17-/m1/s1. The van der Waals surface area contributed by atoms with Crippen molar-refractivity contribution < 1.29 is 19.4 Å². The number of ether oxygens (including phenoxy) is 1. The molecule has 0 saturated heterocycles. The lowest BCUT2D eigenvalue weighted by molar-refractivity contribution is 0.0586. The van der Waals surface area contributed by atoms with E-state index < -0.39 is 29.1 Å². The van der Waals surface area contributed by atoms with Crippen molar-refractivity contribution in [3.05, 3.63) is 99.5 Å². The number of hydrogen-bond donors (Lipinski definition) is 2. The van der Waals surface area contributed by atoms with Gasteiger partial charge in [-0.25, -0.2) is 10.6 Å². The summed E-state index contributed by atoms with van der Waals surface area (Å²) in [6.45, 7) is 0.100. The normalized spacial score (nSPS) is 15.6. The third kappa shape index (κ3) is 3.47. The lowest BCUT2D eigenvalue weighted by Gasteiger charge is -2.38. The quantitative estimate of drug-likeness (QED) is 0.380. The van der Waals surface area contributed by atoms with Crippen molar-refractivity contribution in [1.29, 1.82) is 0 Å². The van der Waals surface area contributed by atoms with E-state index in [0.717, 1.165) is 23.2 Å². The van der Waals surface area contributed by atoms with Crippen LogP contribution in [0.5, 0.6) is 5.75 Å². The van der Waals surface area contributed by atoms with Gasteiger partial charge in [-0.1, -0.05) is 60.7 Å². The fraction of sp³-hybridized carbons (Fsp3) is 0.174. The highest BCUT2D eigenvalue weighted by atomic mass is 16.5. The maximum absolute atomic E-state index is 12.7. The first-order valence-electron chi connectivity index (χ1n) is 9.67. The lowest BCUT2D eigenvalue weighted by atomic mass is 9.83. The third-order valence-corrected chi connectivity index (χ3v) is 5.52. The SMILES string of the molecule is COC(=O)c1cn2c(c(O)c1=O)C(=O)N(N)C[C@@H]2C(c1ccccc1)c1ccccc1. The monoisotopic (exact) mass is 419 g/mol. The Bertz CT molecular complexity index is 1150. The first-order chi connectivity index (χ1) is 14.9. The molecule has 1 aliphatic heterocycles. The summed E-state index contributed by atoms with van der Waals surface area (Å²) >= 11 is 0. The summed E-state index contributed by atoms with van der Waals surface area (Å²) < 4.78 is 6.16. The second kappa shape index (κ2) is 8.08. The largest absolute Gasteiger partial charge is 0.503 e. The van der Waals surface area contributed by atoms with Crippen LogP contribution in [0.3, 0.4) is 0 Å². The molecule has 8 nitrogen and oxygen atoms in total. The van der Waals surface area contributed by atoms with Crippen LogP contribution in [-0.4, -0.2) is 40.2 Å². The van der Waals surface area contributed by atoms with E-state index in [1.165, 1.54) is 10.8 Å². The van der Waals surface area contributed by atoms with Gasteiger partial charge in [-0.15, -0.1) is 0 Å². The molecule has 1 atom stereocenters. The van der Waals surface area contributed by atoms with E-state index in [0.29, 0.717) is 0 Å². The van der Waals surface area contributed by atoms with E-state index in [4.69, 9.17) is 10.6 Å². The number of hydrazine groups is 1. The van der Waals surface area contributed by atoms with Crippen molar-refractivity contribution in [2.45, 2.75) is 12.0 Å². The average molecular weight is 419 g/mol. The molecule has 2 heterocycles. The molecule has 0 aliphatic carbocycles. The zero-order valence-electron chi connectivity index (χ0n) is 16.8. The number of hydrogen-bond acceptors (Lipinski definition) is 6. The topological polar surface area (TPSA) is 115 Å². The molecule has 1 aliphatic rings. The molecule has 0 spiro atoms. The number of esters is 1. The van der Waals surface area contributed by atoms with Crippen LogP contribution >= 0.6 is 0 Å². The summed E-state index contributed by atoms with van der Waals surface area (Å²) in [5, 5.41) is 11.5. The number of aromatic nitrogens is 1. The highest BCUT2D eigenvalue weighted by molar-refractivity contribution is 5.97. The minimum absolute atomic E-state index is 0.100. The van der Waals surface area contributed by atoms with Gasteiger partial charge in [-0.05, 0) is 11.1 Å². The van der Waals surface area contributed by atoms with Crippen molar-refractivity contribution in [2.75, 3.05) is 13.7 Å². The fourth-order valence-corrected chi connectivity index (χ4v) is 4.08. The van der Waals surface area contributed by atoms with Crippen molar-refractivity contribution in [2.24, 2.45) is 5.84 Å². The van der Waals surface area contributed by atoms with E-state index in [1.807, 2.05) is 60.7 Å². The summed E-state index contributed by atoms with van der Waals surface area (Å²) in [5.41, 5.74) is 0.312. The molecule has 0 radical (unpaired) electrons. The lowest BCUT2D eigenvalue weighted by Crippen LogP contribution is -2.49. The molecule has 31 heavy (non-hydrogen) atoms. The van der Waals surface area contributed by atoms with Gasteiger partial charge in [-0.3, -0.25) is 14.6 Å². The van der Waals surface area contributed by atoms with Gasteiger partial charge in [0.15, 0.2) is 11.4 Å². The van der Waals surface area contributed by atoms with E-state index in [1.54, 1.807) is 0 Å². The Labute approximate surface area is 178 Å². The average Bonchev–Trinajstić information content (AvgIpc) is 2.80. The van der Waals surface area contributed by atoms with Crippen LogP contribution in [0.4, 0.5) is 0 Å². The first kappa shape index (κ1) is 20.4. The van der Waals surface area contributed by atoms with Gasteiger partial charge in [0.2, 0.25) is 5.43 Å². The second-order valence-electron chi connectivity index (χ2n) is 7.29. The van der Waals surface area contributed by atoms with Gasteiger partial charge in [-0.2, -0.15) is 0 Å². The number of amides is 1. The van der Waals surface area contributed by atoms with Crippen molar-refractivity contribution in [1.82, 2.24) is 9.58 Å². The summed E-state index contributed by atoms with van der Waals surface area (Å²) in [7, 11) is 1.14. The van der Waals surface area contributed by atoms with Gasteiger partial charge in [0.25, 0.3) is 5.91 Å². The van der Waals surface area contributed by atoms with Crippen molar-refractivity contribution in [3.8, 4) is 5.75 Å². The molecule has 1 aromatic heterocycles. The summed E-state index contributed by atoms with van der Waals surface area (Å²) in [6, 6.07) is 18.7. The highest BCUT2D eigenvalue weighted by Crippen LogP contribution is 2.39. The molecule has 158 valence electrons. The summed E-state index contributed by atoms with van der Waals surface area (Å²) in [6.07, 6.45) is 1.28. The first-order valence-corrected chi connectivity index (χ1v) is 9.67. The number of nitrogens with two attached hydrogens (primary N) is 1. The molecule has 0 unspecified atom stereocenters. The van der Waals surface area contributed by atoms with Crippen LogP contribution in [0, 0.1) is 0 Å². The van der Waals surface area contributed by atoms with E-state index >= 15 is 0 Å². The van der Waals surface area contributed by atoms with E-state index in [9.17, 15) is 19.5 Å². The molecular weight excluding hydrogens is 398 g/mol. The Morgan fingerprint density at radius 3 is 2.13 bits per heavy atom. The van der Waals surface area contributed by atoms with Crippen molar-refractivity contribution in [3.63, 3.8) is 0 Å². The molecule has 1 amide bonds. The molecule has 0 fully saturated rings. The zero-order valence-corrected chi connectivity index (χ0v) is 16.8. The summed E-state index contributed by atoms with van der Waals surface area (Å²) in [5.74, 6) is 3.27. The van der Waals surface area contributed by atoms with Crippen LogP contribution < -0.4 is 11.3 Å². The fourth-order valence-electron chi connectivity index (χ4n) is 4.08. The number of carbonyl (C=O) groups is 2. The van der Waals surface area contributed by atoms with Gasteiger partial charge < -0.3 is 14.4 Å². The Morgan fingerprint density at radius 2 is 1.61 bits per heavy atom. The minimum Gasteiger partial charge on any atom is -0.503 e. The number of pyridine rings is 1. The smallest absolute Gasteiger partial charge is 0.343 e. The molecule has 0 bridgehead atoms. The highest BCUT2D eigenvalue weighted by Gasteiger charge is 2.39. The molecular formula is C23H21N3O5. The molecule has 4 rings (SSSR count). The minimum atomic E-state index is -0.975. The molecule has 8 heteroatoms. The van der Waals surface area contributed by atoms with Crippen LogP contribution in [0.15, 0.2) is 71.7 Å². The zero-order chi connectivity index (χ0) is 22.1. The van der Waals surface area contributed by atoms with Crippen molar-refractivity contribution >= 4 is 11.9 Å². The van der Waals surface area contributed by atoms with Gasteiger partial charge in [0.05, 0.1) is 19.7 Å². The number of rotatable bonds is 4. The Balaban J connectivity index is 1.99. The molecule has 2 aromatic carbocycles. The number of carbonyl (C=O) groups excluding carboxylic acids is 2. The molecule has 0 saturated carbocycles. The summed E-state index contributed by atoms with van der Waals surface area (Å²) in [4.78, 5) is 37.4. The molecule has 3 N–H and O–H groups in total. The maximum atomic E-state index is 12.7. The van der Waals surface area contributed by atoms with Crippen LogP contribution in [-0.2, 0) is 4.74 Å². The van der Waals surface area contributed by atoms with E-state index in [-0.39, 0.29) is 23.7 Å². The predicted molar refractivity (Wildman–Crippen MR) is 113 cm³/mol. The van der Waals surface area contributed by atoms with Gasteiger partial charge in [0.1, 0.15) is 5.56 Å². The number of fused-ring (bicyclic) bond motifs is 1. The Morgan fingerprint density at radius 1 is 1.06 bits per heavy atom. The van der Waals surface area contributed by atoms with Crippen LogP contribution in [0.25, 0.3) is 0 Å². The predicted octanol–water partition coefficient (Wildman–Crippen LogP) is 2.04. The Kier molecular flexibility index (Phi) is 5.31. The third-order valence-electron chi connectivity index (χ3n) is 5.52. The number of benzene rings is 2. The van der Waals surface area contributed by atoms with Crippen LogP contribution in [0.1, 0.15) is 43.9 Å². The maximum Gasteiger partial charge on any atom is 0.343 e. The molecule has 3 aromatic rings. The number of aromatic hydroxyl groups is 1. The number of nitrogens with zero attached hydrogens (tertiary/aromatic N) is 2.